The third kappa shape index (κ3) is 3.65. The number of nitrogens with zero attached hydrogens (tertiary/aromatic N) is 2. The normalized spacial score (nSPS) is 17.7. The molecule has 0 spiro atoms. The number of nitrogens with one attached hydrogen (secondary N) is 1. The van der Waals surface area contributed by atoms with Crippen LogP contribution in [-0.4, -0.2) is 28.4 Å². The van der Waals surface area contributed by atoms with E-state index in [1.54, 1.807) is 23.9 Å². The van der Waals surface area contributed by atoms with Gasteiger partial charge in [0.05, 0.1) is 29.8 Å². The monoisotopic (exact) mass is 353 g/mol. The Bertz CT molecular complexity index is 813. The Hall–Kier alpha value is -2.44. The van der Waals surface area contributed by atoms with E-state index < -0.39 is 0 Å². The second-order valence-electron chi connectivity index (χ2n) is 6.20. The molecule has 1 saturated heterocycles. The highest BCUT2D eigenvalue weighted by Crippen LogP contribution is 2.24. The Balaban J connectivity index is 1.40. The van der Waals surface area contributed by atoms with Gasteiger partial charge in [-0.05, 0) is 37.6 Å². The van der Waals surface area contributed by atoms with E-state index in [0.29, 0.717) is 0 Å². The Morgan fingerprint density at radius 1 is 1.32 bits per heavy atom. The van der Waals surface area contributed by atoms with Crippen molar-refractivity contribution in [2.45, 2.75) is 25.4 Å². The predicted octanol–water partition coefficient (Wildman–Crippen LogP) is 4.01. The zero-order valence-corrected chi connectivity index (χ0v) is 14.5. The number of hydrogen-bond acceptors (Lipinski definition) is 5. The Morgan fingerprint density at radius 2 is 2.20 bits per heavy atom. The van der Waals surface area contributed by atoms with E-state index in [9.17, 15) is 4.79 Å². The lowest BCUT2D eigenvalue weighted by molar-refractivity contribution is -0.120. The molecule has 2 aromatic heterocycles. The topological polar surface area (TPSA) is 58.4 Å². The van der Waals surface area contributed by atoms with E-state index in [2.05, 4.69) is 15.2 Å². The molecule has 1 amide bonds. The van der Waals surface area contributed by atoms with Crippen molar-refractivity contribution in [3.05, 3.63) is 59.3 Å². The SMILES string of the molecule is O=C(Nc1ccc(-c2cscn2)cc1)[C@H]1CCCN1Cc1ccoc1. The van der Waals surface area contributed by atoms with E-state index in [1.807, 2.05) is 41.2 Å². The fourth-order valence-electron chi connectivity index (χ4n) is 3.23. The fraction of sp³-hybridized carbons (Fsp3) is 0.263. The van der Waals surface area contributed by atoms with Gasteiger partial charge in [0, 0.05) is 28.7 Å². The third-order valence-corrected chi connectivity index (χ3v) is 5.10. The first-order chi connectivity index (χ1) is 12.3. The number of hydrogen-bond donors (Lipinski definition) is 1. The van der Waals surface area contributed by atoms with Gasteiger partial charge in [-0.1, -0.05) is 12.1 Å². The molecule has 0 unspecified atom stereocenters. The maximum atomic E-state index is 12.7. The zero-order chi connectivity index (χ0) is 17.1. The highest BCUT2D eigenvalue weighted by Gasteiger charge is 2.30. The molecule has 0 aliphatic carbocycles. The van der Waals surface area contributed by atoms with Crippen LogP contribution in [0.4, 0.5) is 5.69 Å². The second kappa shape index (κ2) is 7.21. The van der Waals surface area contributed by atoms with E-state index in [1.165, 1.54) is 0 Å². The number of likely N-dealkylation sites (tertiary alicyclic amines) is 1. The quantitative estimate of drug-likeness (QED) is 0.753. The van der Waals surface area contributed by atoms with Crippen molar-refractivity contribution in [2.24, 2.45) is 0 Å². The highest BCUT2D eigenvalue weighted by molar-refractivity contribution is 7.07. The van der Waals surface area contributed by atoms with Crippen molar-refractivity contribution >= 4 is 22.9 Å². The Kier molecular flexibility index (Phi) is 4.63. The maximum Gasteiger partial charge on any atom is 0.241 e. The minimum atomic E-state index is -0.0897. The number of aromatic nitrogens is 1. The van der Waals surface area contributed by atoms with E-state index in [4.69, 9.17) is 4.42 Å². The number of carbonyl (C=O) groups is 1. The predicted molar refractivity (Wildman–Crippen MR) is 98.3 cm³/mol. The molecule has 3 aromatic rings. The van der Waals surface area contributed by atoms with Crippen LogP contribution in [0.5, 0.6) is 0 Å². The van der Waals surface area contributed by atoms with Crippen molar-refractivity contribution in [1.29, 1.82) is 0 Å². The average molecular weight is 353 g/mol. The van der Waals surface area contributed by atoms with Crippen LogP contribution in [-0.2, 0) is 11.3 Å². The molecule has 6 heteroatoms. The van der Waals surface area contributed by atoms with Gasteiger partial charge < -0.3 is 9.73 Å². The number of amides is 1. The molecule has 128 valence electrons. The summed E-state index contributed by atoms with van der Waals surface area (Å²) in [6.07, 6.45) is 5.34. The van der Waals surface area contributed by atoms with Gasteiger partial charge in [-0.2, -0.15) is 0 Å². The number of furan rings is 1. The standard InChI is InChI=1S/C19H19N3O2S/c23-19(18-2-1-8-22(18)10-14-7-9-24-11-14)21-16-5-3-15(4-6-16)17-12-25-13-20-17/h3-7,9,11-13,18H,1-2,8,10H2,(H,21,23)/t18-/m1/s1. The first kappa shape index (κ1) is 16.1. The molecule has 3 heterocycles. The fourth-order valence-corrected chi connectivity index (χ4v) is 3.80. The van der Waals surface area contributed by atoms with Crippen molar-refractivity contribution in [3.63, 3.8) is 0 Å². The van der Waals surface area contributed by atoms with Gasteiger partial charge in [0.25, 0.3) is 0 Å². The first-order valence-electron chi connectivity index (χ1n) is 8.34. The van der Waals surface area contributed by atoms with Gasteiger partial charge in [0.1, 0.15) is 0 Å². The number of rotatable bonds is 5. The average Bonchev–Trinajstić information content (AvgIpc) is 3.39. The van der Waals surface area contributed by atoms with Gasteiger partial charge in [-0.25, -0.2) is 4.98 Å². The zero-order valence-electron chi connectivity index (χ0n) is 13.7. The van der Waals surface area contributed by atoms with Crippen LogP contribution in [0.25, 0.3) is 11.3 Å². The number of carbonyl (C=O) groups excluding carboxylic acids is 1. The molecule has 5 nitrogen and oxygen atoms in total. The summed E-state index contributed by atoms with van der Waals surface area (Å²) >= 11 is 1.57. The van der Waals surface area contributed by atoms with Crippen molar-refractivity contribution in [2.75, 3.05) is 11.9 Å². The number of benzene rings is 1. The van der Waals surface area contributed by atoms with E-state index >= 15 is 0 Å². The molecule has 1 N–H and O–H groups in total. The molecular formula is C19H19N3O2S. The van der Waals surface area contributed by atoms with Gasteiger partial charge in [-0.15, -0.1) is 11.3 Å². The summed E-state index contributed by atoms with van der Waals surface area (Å²) < 4.78 is 5.13. The van der Waals surface area contributed by atoms with Gasteiger partial charge in [-0.3, -0.25) is 9.69 Å². The van der Waals surface area contributed by atoms with E-state index in [0.717, 1.165) is 48.4 Å². The Morgan fingerprint density at radius 3 is 2.92 bits per heavy atom. The second-order valence-corrected chi connectivity index (χ2v) is 6.92. The molecule has 1 fully saturated rings. The van der Waals surface area contributed by atoms with Crippen LogP contribution < -0.4 is 5.32 Å². The van der Waals surface area contributed by atoms with Gasteiger partial charge in [0.2, 0.25) is 5.91 Å². The highest BCUT2D eigenvalue weighted by atomic mass is 32.1. The summed E-state index contributed by atoms with van der Waals surface area (Å²) in [4.78, 5) is 19.2. The maximum absolute atomic E-state index is 12.7. The van der Waals surface area contributed by atoms with Gasteiger partial charge >= 0.3 is 0 Å². The molecule has 1 aliphatic heterocycles. The molecule has 0 bridgehead atoms. The summed E-state index contributed by atoms with van der Waals surface area (Å²) in [5, 5.41) is 5.06. The summed E-state index contributed by atoms with van der Waals surface area (Å²) in [7, 11) is 0. The third-order valence-electron chi connectivity index (χ3n) is 4.51. The summed E-state index contributed by atoms with van der Waals surface area (Å²) in [5.74, 6) is 0.0578. The number of thiazole rings is 1. The molecule has 0 radical (unpaired) electrons. The smallest absolute Gasteiger partial charge is 0.241 e. The molecule has 1 atom stereocenters. The van der Waals surface area contributed by atoms with Crippen LogP contribution >= 0.6 is 11.3 Å². The lowest BCUT2D eigenvalue weighted by Gasteiger charge is -2.23. The van der Waals surface area contributed by atoms with Crippen LogP contribution in [0.1, 0.15) is 18.4 Å². The summed E-state index contributed by atoms with van der Waals surface area (Å²) in [6, 6.07) is 9.70. The summed E-state index contributed by atoms with van der Waals surface area (Å²) in [6.45, 7) is 1.68. The molecule has 1 aromatic carbocycles. The molecule has 25 heavy (non-hydrogen) atoms. The molecular weight excluding hydrogens is 334 g/mol. The number of anilines is 1. The van der Waals surface area contributed by atoms with Crippen molar-refractivity contribution < 1.29 is 9.21 Å². The molecule has 0 saturated carbocycles. The van der Waals surface area contributed by atoms with E-state index in [-0.39, 0.29) is 11.9 Å². The Labute approximate surface area is 150 Å². The van der Waals surface area contributed by atoms with Crippen LogP contribution in [0.2, 0.25) is 0 Å². The first-order valence-corrected chi connectivity index (χ1v) is 9.28. The van der Waals surface area contributed by atoms with Crippen LogP contribution in [0.3, 0.4) is 0 Å². The van der Waals surface area contributed by atoms with Gasteiger partial charge in [0.15, 0.2) is 0 Å². The minimum absolute atomic E-state index is 0.0578. The lowest BCUT2D eigenvalue weighted by Crippen LogP contribution is -2.39. The van der Waals surface area contributed by atoms with Crippen molar-refractivity contribution in [3.8, 4) is 11.3 Å². The lowest BCUT2D eigenvalue weighted by atomic mass is 10.1. The summed E-state index contributed by atoms with van der Waals surface area (Å²) in [5.41, 5.74) is 5.76. The molecule has 4 rings (SSSR count). The minimum Gasteiger partial charge on any atom is -0.472 e. The van der Waals surface area contributed by atoms with Crippen LogP contribution in [0, 0.1) is 0 Å². The van der Waals surface area contributed by atoms with Crippen LogP contribution in [0.15, 0.2) is 58.2 Å². The van der Waals surface area contributed by atoms with Crippen molar-refractivity contribution in [1.82, 2.24) is 9.88 Å². The largest absolute Gasteiger partial charge is 0.472 e. The molecule has 1 aliphatic rings.